The number of hydrogen-bond acceptors (Lipinski definition) is 3. The summed E-state index contributed by atoms with van der Waals surface area (Å²) < 4.78 is 0. The molecule has 0 aliphatic carbocycles. The van der Waals surface area contributed by atoms with Gasteiger partial charge in [0.25, 0.3) is 0 Å². The van der Waals surface area contributed by atoms with Crippen molar-refractivity contribution in [2.45, 2.75) is 19.9 Å². The molecule has 19 heavy (non-hydrogen) atoms. The third kappa shape index (κ3) is 4.71. The molecule has 1 unspecified atom stereocenters. The van der Waals surface area contributed by atoms with E-state index in [1.165, 1.54) is 5.56 Å². The van der Waals surface area contributed by atoms with Gasteiger partial charge in [-0.2, -0.15) is 0 Å². The van der Waals surface area contributed by atoms with Gasteiger partial charge in [0.05, 0.1) is 6.54 Å². The Bertz CT molecular complexity index is 460. The Morgan fingerprint density at radius 3 is 2.58 bits per heavy atom. The van der Waals surface area contributed by atoms with Gasteiger partial charge in [0.2, 0.25) is 5.91 Å². The summed E-state index contributed by atoms with van der Waals surface area (Å²) in [5.74, 6) is -1.33. The Labute approximate surface area is 113 Å². The molecule has 0 saturated heterocycles. The Kier molecular flexibility index (Phi) is 5.51. The highest BCUT2D eigenvalue weighted by atomic mass is 16.4. The monoisotopic (exact) mass is 264 g/mol. The molecule has 104 valence electrons. The molecule has 2 N–H and O–H groups in total. The molecule has 0 saturated carbocycles. The third-order valence-electron chi connectivity index (χ3n) is 3.13. The van der Waals surface area contributed by atoms with Crippen molar-refractivity contribution in [1.29, 1.82) is 0 Å². The molecule has 1 amide bonds. The number of carboxylic acid groups (broad SMARTS) is 1. The molecular weight excluding hydrogens is 244 g/mol. The molecule has 1 atom stereocenters. The molecule has 0 aromatic heterocycles. The van der Waals surface area contributed by atoms with Crippen LogP contribution in [0.25, 0.3) is 0 Å². The van der Waals surface area contributed by atoms with Gasteiger partial charge in [0.15, 0.2) is 0 Å². The molecule has 0 fully saturated rings. The van der Waals surface area contributed by atoms with E-state index in [-0.39, 0.29) is 25.0 Å². The van der Waals surface area contributed by atoms with Gasteiger partial charge >= 0.3 is 5.97 Å². The number of benzene rings is 1. The first kappa shape index (κ1) is 15.2. The summed E-state index contributed by atoms with van der Waals surface area (Å²) in [5, 5.41) is 10.8. The lowest BCUT2D eigenvalue weighted by atomic mass is 10.0. The largest absolute Gasteiger partial charge is 0.480 e. The highest BCUT2D eigenvalue weighted by Gasteiger charge is 2.16. The van der Waals surface area contributed by atoms with E-state index < -0.39 is 5.97 Å². The third-order valence-corrected chi connectivity index (χ3v) is 3.13. The number of rotatable bonds is 6. The highest BCUT2D eigenvalue weighted by Crippen LogP contribution is 2.21. The molecule has 1 rings (SSSR count). The van der Waals surface area contributed by atoms with E-state index in [1.807, 2.05) is 50.1 Å². The topological polar surface area (TPSA) is 69.6 Å². The van der Waals surface area contributed by atoms with Gasteiger partial charge in [-0.1, -0.05) is 24.3 Å². The van der Waals surface area contributed by atoms with E-state index in [9.17, 15) is 9.59 Å². The van der Waals surface area contributed by atoms with Gasteiger partial charge in [-0.15, -0.1) is 0 Å². The summed E-state index contributed by atoms with van der Waals surface area (Å²) in [4.78, 5) is 23.8. The molecule has 0 aliphatic rings. The first-order valence-corrected chi connectivity index (χ1v) is 6.16. The minimum Gasteiger partial charge on any atom is -0.480 e. The van der Waals surface area contributed by atoms with Crippen molar-refractivity contribution in [2.75, 3.05) is 20.1 Å². The van der Waals surface area contributed by atoms with Crippen molar-refractivity contribution < 1.29 is 14.7 Å². The van der Waals surface area contributed by atoms with Crippen molar-refractivity contribution in [3.63, 3.8) is 0 Å². The summed E-state index contributed by atoms with van der Waals surface area (Å²) in [5.41, 5.74) is 2.34. The fourth-order valence-electron chi connectivity index (χ4n) is 1.89. The summed E-state index contributed by atoms with van der Waals surface area (Å²) in [6.45, 7) is 3.88. The van der Waals surface area contributed by atoms with Crippen LogP contribution in [0.15, 0.2) is 24.3 Å². The fraction of sp³-hybridized carbons (Fsp3) is 0.429. The van der Waals surface area contributed by atoms with Gasteiger partial charge in [-0.05, 0) is 32.0 Å². The molecule has 1 aromatic carbocycles. The zero-order valence-electron chi connectivity index (χ0n) is 11.5. The number of carbonyl (C=O) groups is 2. The van der Waals surface area contributed by atoms with E-state index in [1.54, 1.807) is 0 Å². The maximum Gasteiger partial charge on any atom is 0.322 e. The first-order chi connectivity index (χ1) is 8.91. The number of hydrogen-bond donors (Lipinski definition) is 2. The number of amides is 1. The summed E-state index contributed by atoms with van der Waals surface area (Å²) in [6, 6.07) is 8.11. The average Bonchev–Trinajstić information content (AvgIpc) is 2.36. The molecule has 0 spiro atoms. The zero-order chi connectivity index (χ0) is 14.4. The van der Waals surface area contributed by atoms with Crippen molar-refractivity contribution in [3.05, 3.63) is 35.4 Å². The summed E-state index contributed by atoms with van der Waals surface area (Å²) in [7, 11) is 1.84. The zero-order valence-corrected chi connectivity index (χ0v) is 11.5. The van der Waals surface area contributed by atoms with Crippen LogP contribution in [-0.4, -0.2) is 42.0 Å². The molecule has 5 nitrogen and oxygen atoms in total. The average molecular weight is 264 g/mol. The lowest BCUT2D eigenvalue weighted by Crippen LogP contribution is -2.38. The maximum absolute atomic E-state index is 11.6. The second-order valence-corrected chi connectivity index (χ2v) is 4.62. The molecule has 0 aliphatic heterocycles. The van der Waals surface area contributed by atoms with E-state index in [2.05, 4.69) is 5.32 Å². The number of aliphatic carboxylic acids is 1. The second-order valence-electron chi connectivity index (χ2n) is 4.62. The Morgan fingerprint density at radius 2 is 2.00 bits per heavy atom. The smallest absolute Gasteiger partial charge is 0.322 e. The molecule has 0 heterocycles. The number of likely N-dealkylation sites (N-methyl/N-ethyl adjacent to an activating group) is 1. The lowest BCUT2D eigenvalue weighted by molar-refractivity contribution is -0.138. The van der Waals surface area contributed by atoms with Crippen molar-refractivity contribution >= 4 is 11.9 Å². The minimum atomic E-state index is -1.04. The predicted octanol–water partition coefficient (Wildman–Crippen LogP) is 1.19. The van der Waals surface area contributed by atoms with Gasteiger partial charge in [-0.3, -0.25) is 14.5 Å². The maximum atomic E-state index is 11.6. The van der Waals surface area contributed by atoms with Crippen LogP contribution in [0.4, 0.5) is 0 Å². The summed E-state index contributed by atoms with van der Waals surface area (Å²) in [6.07, 6.45) is 0. The number of carbonyl (C=O) groups excluding carboxylic acids is 1. The number of nitrogens with one attached hydrogen (secondary N) is 1. The normalized spacial score (nSPS) is 12.2. The van der Waals surface area contributed by atoms with E-state index >= 15 is 0 Å². The first-order valence-electron chi connectivity index (χ1n) is 6.16. The molecular formula is C14H20N2O3. The van der Waals surface area contributed by atoms with Crippen LogP contribution in [0.3, 0.4) is 0 Å². The van der Waals surface area contributed by atoms with E-state index in [4.69, 9.17) is 5.11 Å². The molecule has 1 aromatic rings. The molecule has 5 heteroatoms. The van der Waals surface area contributed by atoms with E-state index in [0.29, 0.717) is 0 Å². The quantitative estimate of drug-likeness (QED) is 0.809. The molecule has 0 radical (unpaired) electrons. The number of aryl methyl sites for hydroxylation is 1. The van der Waals surface area contributed by atoms with Crippen LogP contribution in [0.1, 0.15) is 24.1 Å². The second kappa shape index (κ2) is 6.89. The van der Waals surface area contributed by atoms with Crippen molar-refractivity contribution in [1.82, 2.24) is 10.2 Å². The standard InChI is InChI=1S/C14H20N2O3/c1-10-6-4-5-7-12(10)11(2)16(3)9-13(17)15-8-14(18)19/h4-7,11H,8-9H2,1-3H3,(H,15,17)(H,18,19). The van der Waals surface area contributed by atoms with Gasteiger partial charge < -0.3 is 10.4 Å². The Morgan fingerprint density at radius 1 is 1.37 bits per heavy atom. The molecule has 0 bridgehead atoms. The predicted molar refractivity (Wildman–Crippen MR) is 72.9 cm³/mol. The van der Waals surface area contributed by atoms with Crippen LogP contribution in [0.2, 0.25) is 0 Å². The van der Waals surface area contributed by atoms with E-state index in [0.717, 1.165) is 5.56 Å². The van der Waals surface area contributed by atoms with Gasteiger partial charge in [-0.25, -0.2) is 0 Å². The van der Waals surface area contributed by atoms with Crippen molar-refractivity contribution in [2.24, 2.45) is 0 Å². The van der Waals surface area contributed by atoms with Crippen LogP contribution in [-0.2, 0) is 9.59 Å². The number of nitrogens with zero attached hydrogens (tertiary/aromatic N) is 1. The SMILES string of the molecule is Cc1ccccc1C(C)N(C)CC(=O)NCC(=O)O. The Hall–Kier alpha value is -1.88. The highest BCUT2D eigenvalue weighted by molar-refractivity contribution is 5.82. The summed E-state index contributed by atoms with van der Waals surface area (Å²) >= 11 is 0. The van der Waals surface area contributed by atoms with Crippen molar-refractivity contribution in [3.8, 4) is 0 Å². The lowest BCUT2D eigenvalue weighted by Gasteiger charge is -2.25. The minimum absolute atomic E-state index is 0.0942. The Balaban J connectivity index is 2.58. The fourth-order valence-corrected chi connectivity index (χ4v) is 1.89. The van der Waals surface area contributed by atoms with Crippen LogP contribution >= 0.6 is 0 Å². The van der Waals surface area contributed by atoms with Crippen LogP contribution < -0.4 is 5.32 Å². The van der Waals surface area contributed by atoms with Crippen LogP contribution in [0, 0.1) is 6.92 Å². The van der Waals surface area contributed by atoms with Gasteiger partial charge in [0, 0.05) is 6.04 Å². The van der Waals surface area contributed by atoms with Crippen LogP contribution in [0.5, 0.6) is 0 Å². The van der Waals surface area contributed by atoms with Gasteiger partial charge in [0.1, 0.15) is 6.54 Å². The number of carboxylic acids is 1.